The maximum atomic E-state index is 7.07. The van der Waals surface area contributed by atoms with Gasteiger partial charge < -0.3 is 0 Å². The van der Waals surface area contributed by atoms with E-state index in [4.69, 9.17) is 6.85 Å². The molecule has 0 aliphatic heterocycles. The number of rotatable bonds is 0. The number of allylic oxidation sites excluding steroid dienone is 4. The highest BCUT2D eigenvalue weighted by Crippen LogP contribution is 1.93. The summed E-state index contributed by atoms with van der Waals surface area (Å²) in [5, 5.41) is 0. The lowest BCUT2D eigenvalue weighted by Crippen LogP contribution is -1.37. The summed E-state index contributed by atoms with van der Waals surface area (Å²) in [6.45, 7) is 0. The van der Waals surface area contributed by atoms with Crippen molar-refractivity contribution in [2.24, 2.45) is 0 Å². The van der Waals surface area contributed by atoms with E-state index in [0.717, 1.165) is 0 Å². The van der Waals surface area contributed by atoms with Crippen molar-refractivity contribution in [3.8, 4) is 0 Å². The van der Waals surface area contributed by atoms with Crippen LogP contribution in [0, 0.1) is 0 Å². The van der Waals surface area contributed by atoms with E-state index >= 15 is 0 Å². The second-order valence-corrected chi connectivity index (χ2v) is 0.683. The van der Waals surface area contributed by atoms with E-state index in [9.17, 15) is 0 Å². The minimum Gasteiger partial charge on any atom is -0.0808 e. The van der Waals surface area contributed by atoms with E-state index in [1.807, 2.05) is 0 Å². The van der Waals surface area contributed by atoms with Crippen LogP contribution in [0.4, 0.5) is 0 Å². The van der Waals surface area contributed by atoms with Gasteiger partial charge in [0.2, 0.25) is 0 Å². The minimum absolute atomic E-state index is 0.241. The van der Waals surface area contributed by atoms with E-state index in [-0.39, 0.29) is 24.2 Å². The first-order chi connectivity index (χ1) is 4.55. The normalized spacial score (nSPS) is 43.6. The largest absolute Gasteiger partial charge is 0.0808 e. The van der Waals surface area contributed by atoms with Crippen LogP contribution in [0.2, 0.25) is 0 Å². The Morgan fingerprint density at radius 3 is 2.40 bits per heavy atom. The van der Waals surface area contributed by atoms with Gasteiger partial charge in [-0.2, -0.15) is 0 Å². The van der Waals surface area contributed by atoms with Crippen molar-refractivity contribution in [3.05, 3.63) is 24.2 Å². The molecule has 0 aromatic rings. The molecule has 0 aromatic heterocycles. The molecule has 0 atom stereocenters. The average molecular weight is 71.1 g/mol. The van der Waals surface area contributed by atoms with Crippen LogP contribution in [0.3, 0.4) is 0 Å². The Morgan fingerprint density at radius 1 is 1.60 bits per heavy atom. The first-order valence-electron chi connectivity index (χ1n) is 3.90. The number of hydrogen-bond acceptors (Lipinski definition) is 0. The molecule has 0 spiro atoms. The van der Waals surface area contributed by atoms with Gasteiger partial charge >= 0.3 is 0 Å². The standard InChI is InChI=1S/C5H6/c1-2-4-5-3-1/h1-4H,5H2/i1D,2D,3D,4D,5D. The lowest BCUT2D eigenvalue weighted by atomic mass is 10.5. The van der Waals surface area contributed by atoms with Gasteiger partial charge in [-0.1, -0.05) is 24.2 Å². The van der Waals surface area contributed by atoms with E-state index in [1.165, 1.54) is 0 Å². The van der Waals surface area contributed by atoms with Crippen molar-refractivity contribution in [3.63, 3.8) is 0 Å². The smallest absolute Gasteiger partial charge is 0.0619 e. The van der Waals surface area contributed by atoms with Gasteiger partial charge in [0.1, 0.15) is 0 Å². The molecule has 1 aliphatic rings. The monoisotopic (exact) mass is 71.1 g/mol. The molecule has 0 saturated heterocycles. The molecule has 0 radical (unpaired) electrons. The lowest BCUT2D eigenvalue weighted by Gasteiger charge is -1.57. The molecular formula is C5H6. The van der Waals surface area contributed by atoms with Crippen molar-refractivity contribution in [1.29, 1.82) is 0 Å². The molecule has 0 bridgehead atoms. The molecule has 0 fully saturated rings. The van der Waals surface area contributed by atoms with Crippen LogP contribution < -0.4 is 0 Å². The molecule has 0 heteroatoms. The van der Waals surface area contributed by atoms with Gasteiger partial charge in [0, 0.05) is 1.37 Å². The van der Waals surface area contributed by atoms with Gasteiger partial charge in [0.15, 0.2) is 0 Å². The zero-order valence-electron chi connectivity index (χ0n) is 7.58. The summed E-state index contributed by atoms with van der Waals surface area (Å²) < 4.78 is 35.2. The molecule has 1 aliphatic carbocycles. The van der Waals surface area contributed by atoms with Crippen LogP contribution in [-0.4, -0.2) is 0 Å². The van der Waals surface area contributed by atoms with Crippen LogP contribution in [0.25, 0.3) is 0 Å². The van der Waals surface area contributed by atoms with Gasteiger partial charge in [-0.05, 0) is 6.40 Å². The highest BCUT2D eigenvalue weighted by Gasteiger charge is 1.72. The quantitative estimate of drug-likeness (QED) is 0.406. The van der Waals surface area contributed by atoms with Crippen LogP contribution >= 0.6 is 0 Å². The molecule has 0 heterocycles. The summed E-state index contributed by atoms with van der Waals surface area (Å²) >= 11 is 0. The predicted molar refractivity (Wildman–Crippen MR) is 22.9 cm³/mol. The van der Waals surface area contributed by atoms with Gasteiger partial charge in [-0.25, -0.2) is 0 Å². The van der Waals surface area contributed by atoms with Crippen LogP contribution in [0.5, 0.6) is 0 Å². The van der Waals surface area contributed by atoms with Crippen LogP contribution in [-0.2, 0) is 0 Å². The zero-order chi connectivity index (χ0) is 7.89. The second-order valence-electron chi connectivity index (χ2n) is 0.683. The maximum Gasteiger partial charge on any atom is 0.0619 e. The Kier molecular flexibility index (Phi) is 0.129. The second kappa shape index (κ2) is 1.07. The first kappa shape index (κ1) is 0.604. The summed E-state index contributed by atoms with van der Waals surface area (Å²) in [4.78, 5) is 0. The Labute approximate surface area is 38.8 Å². The SMILES string of the molecule is [2H]C1=C([2H])C([2H])C([2H])=C1[2H]. The molecule has 0 N–H and O–H groups in total. The van der Waals surface area contributed by atoms with Crippen molar-refractivity contribution in [2.45, 2.75) is 6.40 Å². The van der Waals surface area contributed by atoms with Gasteiger partial charge in [-0.3, -0.25) is 0 Å². The van der Waals surface area contributed by atoms with E-state index in [0.29, 0.717) is 0 Å². The van der Waals surface area contributed by atoms with Gasteiger partial charge in [-0.15, -0.1) is 0 Å². The van der Waals surface area contributed by atoms with Crippen molar-refractivity contribution in [2.75, 3.05) is 0 Å². The van der Waals surface area contributed by atoms with E-state index < -0.39 is 6.40 Å². The molecule has 0 nitrogen and oxygen atoms in total. The fourth-order valence-electron chi connectivity index (χ4n) is 0.180. The molecule has 0 unspecified atom stereocenters. The van der Waals surface area contributed by atoms with Crippen LogP contribution in [0.15, 0.2) is 24.2 Å². The highest BCUT2D eigenvalue weighted by molar-refractivity contribution is 5.11. The minimum atomic E-state index is -1.10. The van der Waals surface area contributed by atoms with Gasteiger partial charge in [0.25, 0.3) is 0 Å². The Hall–Kier alpha value is -0.520. The van der Waals surface area contributed by atoms with Crippen LogP contribution in [0.1, 0.15) is 13.3 Å². The summed E-state index contributed by atoms with van der Waals surface area (Å²) in [6, 6.07) is -1.06. The molecular weight excluding hydrogens is 60.1 g/mol. The topological polar surface area (TPSA) is 0 Å². The summed E-state index contributed by atoms with van der Waals surface area (Å²) in [5.74, 6) is 0. The van der Waals surface area contributed by atoms with Gasteiger partial charge in [0.05, 0.1) is 5.48 Å². The third kappa shape index (κ3) is 0.380. The Balaban J connectivity index is 3.09. The lowest BCUT2D eigenvalue weighted by molar-refractivity contribution is 1.45. The summed E-state index contributed by atoms with van der Waals surface area (Å²) in [7, 11) is 0. The molecule has 1 rings (SSSR count). The zero-order valence-corrected chi connectivity index (χ0v) is 2.58. The van der Waals surface area contributed by atoms with Crippen molar-refractivity contribution >= 4 is 0 Å². The molecule has 5 heavy (non-hydrogen) atoms. The molecule has 0 aromatic carbocycles. The fourth-order valence-corrected chi connectivity index (χ4v) is 0.180. The number of hydrogen-bond donors (Lipinski definition) is 0. The Bertz CT molecular complexity index is 202. The average Bonchev–Trinajstić information content (AvgIpc) is 2.07. The summed E-state index contributed by atoms with van der Waals surface area (Å²) in [6.07, 6.45) is -1.10. The van der Waals surface area contributed by atoms with E-state index in [2.05, 4.69) is 0 Å². The van der Waals surface area contributed by atoms with E-state index in [1.54, 1.807) is 0 Å². The molecule has 0 amide bonds. The fraction of sp³-hybridized carbons (Fsp3) is 0.200. The third-order valence-electron chi connectivity index (χ3n) is 0.351. The highest BCUT2D eigenvalue weighted by atomic mass is 13.8. The maximum absolute atomic E-state index is 7.07. The van der Waals surface area contributed by atoms with Crippen molar-refractivity contribution < 1.29 is 6.85 Å². The summed E-state index contributed by atoms with van der Waals surface area (Å²) in [5.41, 5.74) is 0. The first-order valence-corrected chi connectivity index (χ1v) is 1.33. The molecule has 26 valence electrons. The third-order valence-corrected chi connectivity index (χ3v) is 0.351. The molecule has 0 saturated carbocycles. The van der Waals surface area contributed by atoms with Crippen molar-refractivity contribution in [1.82, 2.24) is 0 Å². The Morgan fingerprint density at radius 2 is 2.20 bits per heavy atom. The predicted octanol–water partition coefficient (Wildman–Crippen LogP) is 1.50.